The van der Waals surface area contributed by atoms with Gasteiger partial charge in [0, 0.05) is 11.8 Å². The van der Waals surface area contributed by atoms with Crippen molar-refractivity contribution in [1.29, 1.82) is 0 Å². The van der Waals surface area contributed by atoms with Crippen molar-refractivity contribution in [3.63, 3.8) is 0 Å². The molecule has 0 spiro atoms. The highest BCUT2D eigenvalue weighted by atomic mass is 32.2. The lowest BCUT2D eigenvalue weighted by Gasteiger charge is -2.23. The van der Waals surface area contributed by atoms with E-state index >= 15 is 0 Å². The monoisotopic (exact) mass is 257 g/mol. The van der Waals surface area contributed by atoms with Crippen LogP contribution in [0.2, 0.25) is 0 Å². The standard InChI is InChI=1S/C16H19NS/c1-11-9-18-10-15-13-6-4-3-5-12(13)7-8-14(15)16(11)17-2/h3-8,11,16-17H,9-10H2,1-2H3. The molecule has 0 aromatic heterocycles. The highest BCUT2D eigenvalue weighted by Gasteiger charge is 2.24. The first kappa shape index (κ1) is 12.1. The number of hydrogen-bond acceptors (Lipinski definition) is 2. The Labute approximate surface area is 113 Å². The Morgan fingerprint density at radius 3 is 2.83 bits per heavy atom. The molecule has 18 heavy (non-hydrogen) atoms. The summed E-state index contributed by atoms with van der Waals surface area (Å²) in [7, 11) is 2.08. The van der Waals surface area contributed by atoms with Crippen LogP contribution in [0.25, 0.3) is 10.8 Å². The number of thioether (sulfide) groups is 1. The fraction of sp³-hybridized carbons (Fsp3) is 0.375. The van der Waals surface area contributed by atoms with Crippen molar-refractivity contribution in [2.45, 2.75) is 18.7 Å². The van der Waals surface area contributed by atoms with Crippen molar-refractivity contribution in [2.75, 3.05) is 12.8 Å². The summed E-state index contributed by atoms with van der Waals surface area (Å²) in [5.41, 5.74) is 3.02. The van der Waals surface area contributed by atoms with Gasteiger partial charge in [0.05, 0.1) is 0 Å². The van der Waals surface area contributed by atoms with E-state index in [9.17, 15) is 0 Å². The number of hydrogen-bond donors (Lipinski definition) is 1. The third-order valence-electron chi connectivity index (χ3n) is 3.92. The summed E-state index contributed by atoms with van der Waals surface area (Å²) in [6, 6.07) is 13.8. The molecule has 2 heteroatoms. The van der Waals surface area contributed by atoms with Gasteiger partial charge < -0.3 is 5.32 Å². The SMILES string of the molecule is CNC1c2ccc3ccccc3c2CSCC1C. The van der Waals surface area contributed by atoms with Gasteiger partial charge in [0.15, 0.2) is 0 Å². The molecule has 1 N–H and O–H groups in total. The topological polar surface area (TPSA) is 12.0 Å². The lowest BCUT2D eigenvalue weighted by Crippen LogP contribution is -2.24. The smallest absolute Gasteiger partial charge is 0.0354 e. The first-order chi connectivity index (χ1) is 8.81. The summed E-state index contributed by atoms with van der Waals surface area (Å²) in [6.45, 7) is 2.35. The van der Waals surface area contributed by atoms with Gasteiger partial charge in [0.25, 0.3) is 0 Å². The Morgan fingerprint density at radius 1 is 1.17 bits per heavy atom. The molecular weight excluding hydrogens is 238 g/mol. The first-order valence-electron chi connectivity index (χ1n) is 6.57. The number of rotatable bonds is 1. The molecule has 94 valence electrons. The van der Waals surface area contributed by atoms with Gasteiger partial charge in [-0.2, -0.15) is 11.8 Å². The molecule has 0 bridgehead atoms. The van der Waals surface area contributed by atoms with Crippen molar-refractivity contribution >= 4 is 22.5 Å². The minimum absolute atomic E-state index is 0.486. The van der Waals surface area contributed by atoms with Crippen LogP contribution in [0.5, 0.6) is 0 Å². The second-order valence-corrected chi connectivity index (χ2v) is 6.14. The second kappa shape index (κ2) is 4.94. The van der Waals surface area contributed by atoms with Gasteiger partial charge in [-0.3, -0.25) is 0 Å². The molecule has 3 rings (SSSR count). The van der Waals surface area contributed by atoms with Crippen LogP contribution in [-0.2, 0) is 5.75 Å². The van der Waals surface area contributed by atoms with Gasteiger partial charge >= 0.3 is 0 Å². The molecule has 0 aliphatic carbocycles. The first-order valence-corrected chi connectivity index (χ1v) is 7.72. The lowest BCUT2D eigenvalue weighted by atomic mass is 9.90. The molecule has 1 aliphatic heterocycles. The van der Waals surface area contributed by atoms with E-state index < -0.39 is 0 Å². The average molecular weight is 257 g/mol. The zero-order valence-electron chi connectivity index (χ0n) is 10.9. The van der Waals surface area contributed by atoms with Gasteiger partial charge in [0.2, 0.25) is 0 Å². The third kappa shape index (κ3) is 1.94. The third-order valence-corrected chi connectivity index (χ3v) is 5.17. The zero-order chi connectivity index (χ0) is 12.5. The van der Waals surface area contributed by atoms with Gasteiger partial charge in [-0.25, -0.2) is 0 Å². The summed E-state index contributed by atoms with van der Waals surface area (Å²) in [5, 5.41) is 6.29. The molecule has 0 amide bonds. The zero-order valence-corrected chi connectivity index (χ0v) is 11.8. The van der Waals surface area contributed by atoms with Crippen LogP contribution in [0.1, 0.15) is 24.1 Å². The van der Waals surface area contributed by atoms with Gasteiger partial charge in [0.1, 0.15) is 0 Å². The van der Waals surface area contributed by atoms with Crippen LogP contribution < -0.4 is 5.32 Å². The van der Waals surface area contributed by atoms with Crippen molar-refractivity contribution in [3.05, 3.63) is 47.5 Å². The fourth-order valence-electron chi connectivity index (χ4n) is 2.99. The summed E-state index contributed by atoms with van der Waals surface area (Å²) in [5.74, 6) is 3.05. The maximum atomic E-state index is 3.50. The van der Waals surface area contributed by atoms with E-state index in [0.29, 0.717) is 12.0 Å². The Kier molecular flexibility index (Phi) is 3.31. The minimum atomic E-state index is 0.486. The predicted octanol–water partition coefficient (Wildman–Crippen LogP) is 3.98. The summed E-state index contributed by atoms with van der Waals surface area (Å²) in [4.78, 5) is 0. The van der Waals surface area contributed by atoms with E-state index in [1.165, 1.54) is 27.7 Å². The van der Waals surface area contributed by atoms with E-state index in [2.05, 4.69) is 67.4 Å². The minimum Gasteiger partial charge on any atom is -0.313 e. The van der Waals surface area contributed by atoms with E-state index in [0.717, 1.165) is 5.75 Å². The van der Waals surface area contributed by atoms with Gasteiger partial charge in [-0.05, 0) is 40.6 Å². The van der Waals surface area contributed by atoms with Crippen LogP contribution >= 0.6 is 11.8 Å². The van der Waals surface area contributed by atoms with Crippen molar-refractivity contribution in [1.82, 2.24) is 5.32 Å². The van der Waals surface area contributed by atoms with Crippen LogP contribution in [0, 0.1) is 5.92 Å². The lowest BCUT2D eigenvalue weighted by molar-refractivity contribution is 0.451. The Bertz CT molecular complexity index is 564. The van der Waals surface area contributed by atoms with E-state index in [-0.39, 0.29) is 0 Å². The molecule has 2 atom stereocenters. The molecule has 1 nitrogen and oxygen atoms in total. The van der Waals surface area contributed by atoms with Crippen LogP contribution in [0.15, 0.2) is 36.4 Å². The normalized spacial score (nSPS) is 23.7. The summed E-state index contributed by atoms with van der Waals surface area (Å²) < 4.78 is 0. The maximum absolute atomic E-state index is 3.50. The molecule has 2 aromatic rings. The molecule has 2 aromatic carbocycles. The quantitative estimate of drug-likeness (QED) is 0.829. The maximum Gasteiger partial charge on any atom is 0.0354 e. The highest BCUT2D eigenvalue weighted by molar-refractivity contribution is 7.98. The Balaban J connectivity index is 2.23. The molecule has 1 aliphatic rings. The molecular formula is C16H19NS. The number of fused-ring (bicyclic) bond motifs is 3. The molecule has 0 saturated heterocycles. The van der Waals surface area contributed by atoms with E-state index in [1.807, 2.05) is 0 Å². The average Bonchev–Trinajstić information content (AvgIpc) is 2.57. The Hall–Kier alpha value is -0.990. The molecule has 0 fully saturated rings. The van der Waals surface area contributed by atoms with E-state index in [1.54, 1.807) is 0 Å². The summed E-state index contributed by atoms with van der Waals surface area (Å²) >= 11 is 2.06. The fourth-order valence-corrected chi connectivity index (χ4v) is 4.20. The highest BCUT2D eigenvalue weighted by Crippen LogP contribution is 2.37. The molecule has 2 unspecified atom stereocenters. The van der Waals surface area contributed by atoms with Gasteiger partial charge in [-0.15, -0.1) is 0 Å². The largest absolute Gasteiger partial charge is 0.313 e. The second-order valence-electron chi connectivity index (χ2n) is 5.11. The summed E-state index contributed by atoms with van der Waals surface area (Å²) in [6.07, 6.45) is 0. The number of benzene rings is 2. The predicted molar refractivity (Wildman–Crippen MR) is 81.1 cm³/mol. The van der Waals surface area contributed by atoms with Crippen molar-refractivity contribution in [2.24, 2.45) is 5.92 Å². The molecule has 1 heterocycles. The van der Waals surface area contributed by atoms with Crippen LogP contribution in [-0.4, -0.2) is 12.8 Å². The van der Waals surface area contributed by atoms with Crippen LogP contribution in [0.4, 0.5) is 0 Å². The van der Waals surface area contributed by atoms with Crippen molar-refractivity contribution < 1.29 is 0 Å². The number of nitrogens with one attached hydrogen (secondary N) is 1. The van der Waals surface area contributed by atoms with Crippen molar-refractivity contribution in [3.8, 4) is 0 Å². The van der Waals surface area contributed by atoms with Gasteiger partial charge in [-0.1, -0.05) is 43.3 Å². The van der Waals surface area contributed by atoms with E-state index in [4.69, 9.17) is 0 Å². The molecule has 0 radical (unpaired) electrons. The Morgan fingerprint density at radius 2 is 2.00 bits per heavy atom. The molecule has 0 saturated carbocycles. The van der Waals surface area contributed by atoms with Crippen LogP contribution in [0.3, 0.4) is 0 Å².